The molecule has 1 aliphatic rings. The van der Waals surface area contributed by atoms with Crippen LogP contribution in [0.1, 0.15) is 17.0 Å². The quantitative estimate of drug-likeness (QED) is 0.938. The molecule has 5 heteroatoms. The van der Waals surface area contributed by atoms with Crippen molar-refractivity contribution in [1.29, 1.82) is 0 Å². The number of anilines is 1. The number of hydrogen-bond acceptors (Lipinski definition) is 3. The Balaban J connectivity index is 1.90. The molecule has 0 radical (unpaired) electrons. The minimum Gasteiger partial charge on any atom is -0.481 e. The number of fused-ring (bicyclic) bond motifs is 1. The number of aliphatic carboxylic acids is 1. The second-order valence-corrected chi connectivity index (χ2v) is 5.76. The summed E-state index contributed by atoms with van der Waals surface area (Å²) < 4.78 is 0.928. The van der Waals surface area contributed by atoms with Gasteiger partial charge in [-0.3, -0.25) is 9.78 Å². The largest absolute Gasteiger partial charge is 0.481 e. The molecule has 1 atom stereocenters. The predicted molar refractivity (Wildman–Crippen MR) is 79.8 cm³/mol. The first-order valence-corrected chi connectivity index (χ1v) is 7.10. The van der Waals surface area contributed by atoms with Crippen molar-refractivity contribution >= 4 is 27.6 Å². The van der Waals surface area contributed by atoms with Gasteiger partial charge in [-0.25, -0.2) is 0 Å². The van der Waals surface area contributed by atoms with Crippen LogP contribution in [0.5, 0.6) is 0 Å². The number of para-hydroxylation sites is 1. The van der Waals surface area contributed by atoms with Crippen LogP contribution in [-0.2, 0) is 11.3 Å². The van der Waals surface area contributed by atoms with Crippen LogP contribution in [0.4, 0.5) is 5.69 Å². The van der Waals surface area contributed by atoms with E-state index in [0.29, 0.717) is 13.1 Å². The number of nitrogens with zero attached hydrogens (tertiary/aromatic N) is 2. The Hall–Kier alpha value is -1.88. The molecule has 1 aromatic carbocycles. The fourth-order valence-corrected chi connectivity index (χ4v) is 3.02. The normalized spacial score (nSPS) is 17.1. The van der Waals surface area contributed by atoms with Gasteiger partial charge in [-0.15, -0.1) is 0 Å². The molecule has 3 rings (SSSR count). The fraction of sp³-hybridized carbons (Fsp3) is 0.200. The van der Waals surface area contributed by atoms with Crippen molar-refractivity contribution < 1.29 is 9.90 Å². The van der Waals surface area contributed by atoms with E-state index in [-0.39, 0.29) is 0 Å². The third-order valence-corrected chi connectivity index (χ3v) is 3.92. The Kier molecular flexibility index (Phi) is 3.44. The first kappa shape index (κ1) is 13.1. The van der Waals surface area contributed by atoms with E-state index >= 15 is 0 Å². The van der Waals surface area contributed by atoms with Crippen molar-refractivity contribution in [1.82, 2.24) is 4.98 Å². The number of aromatic nitrogens is 1. The van der Waals surface area contributed by atoms with Crippen molar-refractivity contribution in [2.45, 2.75) is 12.5 Å². The molecule has 0 spiro atoms. The second kappa shape index (κ2) is 5.25. The molecular formula is C15H13BrN2O2. The zero-order chi connectivity index (χ0) is 14.1. The van der Waals surface area contributed by atoms with E-state index in [1.165, 1.54) is 0 Å². The van der Waals surface area contributed by atoms with Gasteiger partial charge in [0.1, 0.15) is 5.92 Å². The summed E-state index contributed by atoms with van der Waals surface area (Å²) in [5.74, 6) is -1.22. The van der Waals surface area contributed by atoms with Crippen LogP contribution in [0, 0.1) is 0 Å². The summed E-state index contributed by atoms with van der Waals surface area (Å²) in [6, 6.07) is 9.70. The highest BCUT2D eigenvalue weighted by atomic mass is 79.9. The number of halogens is 1. The van der Waals surface area contributed by atoms with Crippen molar-refractivity contribution in [2.24, 2.45) is 0 Å². The molecule has 1 aliphatic heterocycles. The summed E-state index contributed by atoms with van der Waals surface area (Å²) in [6.07, 6.45) is 3.54. The van der Waals surface area contributed by atoms with E-state index < -0.39 is 11.9 Å². The van der Waals surface area contributed by atoms with Gasteiger partial charge in [0.25, 0.3) is 0 Å². The molecular weight excluding hydrogens is 320 g/mol. The molecule has 20 heavy (non-hydrogen) atoms. The van der Waals surface area contributed by atoms with Crippen LogP contribution in [0.25, 0.3) is 0 Å². The topological polar surface area (TPSA) is 53.4 Å². The maximum atomic E-state index is 11.4. The summed E-state index contributed by atoms with van der Waals surface area (Å²) in [6.45, 7) is 1.16. The summed E-state index contributed by atoms with van der Waals surface area (Å²) in [5.41, 5.74) is 2.95. The number of benzene rings is 1. The van der Waals surface area contributed by atoms with Crippen LogP contribution in [0.3, 0.4) is 0 Å². The molecule has 2 aromatic rings. The molecule has 1 aromatic heterocycles. The number of carbonyl (C=O) groups is 1. The molecule has 2 heterocycles. The Morgan fingerprint density at radius 3 is 2.95 bits per heavy atom. The van der Waals surface area contributed by atoms with Crippen molar-refractivity contribution in [3.8, 4) is 0 Å². The third kappa shape index (κ3) is 2.41. The number of pyridine rings is 1. The lowest BCUT2D eigenvalue weighted by Gasteiger charge is -2.19. The van der Waals surface area contributed by atoms with Gasteiger partial charge in [0, 0.05) is 35.6 Å². The Bertz CT molecular complexity index is 660. The minimum absolute atomic E-state index is 0.452. The zero-order valence-corrected chi connectivity index (χ0v) is 12.2. The smallest absolute Gasteiger partial charge is 0.312 e. The lowest BCUT2D eigenvalue weighted by molar-refractivity contribution is -0.138. The number of rotatable bonds is 3. The SMILES string of the molecule is O=C(O)C1CN(Cc2cncc(Br)c2)c2ccccc21. The van der Waals surface area contributed by atoms with Crippen LogP contribution < -0.4 is 4.90 Å². The zero-order valence-electron chi connectivity index (χ0n) is 10.7. The highest BCUT2D eigenvalue weighted by Crippen LogP contribution is 2.37. The van der Waals surface area contributed by atoms with E-state index in [4.69, 9.17) is 0 Å². The maximum Gasteiger partial charge on any atom is 0.312 e. The van der Waals surface area contributed by atoms with E-state index in [1.54, 1.807) is 6.20 Å². The highest BCUT2D eigenvalue weighted by Gasteiger charge is 2.33. The molecule has 0 aliphatic carbocycles. The summed E-state index contributed by atoms with van der Waals surface area (Å²) in [4.78, 5) is 17.6. The standard InChI is InChI=1S/C15H13BrN2O2/c16-11-5-10(6-17-7-11)8-18-9-13(15(19)20)12-3-1-2-4-14(12)18/h1-7,13H,8-9H2,(H,19,20). The summed E-state index contributed by atoms with van der Waals surface area (Å²) in [5, 5.41) is 9.34. The van der Waals surface area contributed by atoms with E-state index in [1.807, 2.05) is 36.5 Å². The molecule has 1 N–H and O–H groups in total. The Labute approximate surface area is 125 Å². The van der Waals surface area contributed by atoms with Crippen LogP contribution >= 0.6 is 15.9 Å². The first-order chi connectivity index (χ1) is 9.65. The number of carboxylic acid groups (broad SMARTS) is 1. The van der Waals surface area contributed by atoms with Gasteiger partial charge in [-0.05, 0) is 39.2 Å². The first-order valence-electron chi connectivity index (χ1n) is 6.31. The average Bonchev–Trinajstić information content (AvgIpc) is 2.78. The molecule has 0 amide bonds. The summed E-state index contributed by atoms with van der Waals surface area (Å²) in [7, 11) is 0. The minimum atomic E-state index is -0.771. The number of carboxylic acids is 1. The van der Waals surface area contributed by atoms with Gasteiger partial charge in [-0.1, -0.05) is 18.2 Å². The Morgan fingerprint density at radius 1 is 1.40 bits per heavy atom. The number of hydrogen-bond donors (Lipinski definition) is 1. The molecule has 0 saturated carbocycles. The molecule has 1 unspecified atom stereocenters. The maximum absolute atomic E-state index is 11.4. The van der Waals surface area contributed by atoms with Crippen molar-refractivity contribution in [3.05, 3.63) is 58.3 Å². The summed E-state index contributed by atoms with van der Waals surface area (Å²) >= 11 is 3.40. The van der Waals surface area contributed by atoms with Gasteiger partial charge in [0.15, 0.2) is 0 Å². The van der Waals surface area contributed by atoms with Crippen LogP contribution in [-0.4, -0.2) is 22.6 Å². The van der Waals surface area contributed by atoms with Gasteiger partial charge in [0.2, 0.25) is 0 Å². The van der Waals surface area contributed by atoms with Gasteiger partial charge in [0.05, 0.1) is 0 Å². The van der Waals surface area contributed by atoms with Crippen LogP contribution in [0.2, 0.25) is 0 Å². The van der Waals surface area contributed by atoms with Gasteiger partial charge in [-0.2, -0.15) is 0 Å². The Morgan fingerprint density at radius 2 is 2.20 bits per heavy atom. The monoisotopic (exact) mass is 332 g/mol. The van der Waals surface area contributed by atoms with Gasteiger partial charge >= 0.3 is 5.97 Å². The lowest BCUT2D eigenvalue weighted by atomic mass is 10.0. The lowest BCUT2D eigenvalue weighted by Crippen LogP contribution is -2.24. The molecule has 0 bridgehead atoms. The molecule has 102 valence electrons. The van der Waals surface area contributed by atoms with Crippen molar-refractivity contribution in [3.63, 3.8) is 0 Å². The molecule has 0 fully saturated rings. The second-order valence-electron chi connectivity index (χ2n) is 4.84. The molecule has 0 saturated heterocycles. The highest BCUT2D eigenvalue weighted by molar-refractivity contribution is 9.10. The third-order valence-electron chi connectivity index (χ3n) is 3.49. The fourth-order valence-electron chi connectivity index (χ4n) is 2.61. The van der Waals surface area contributed by atoms with Gasteiger partial charge < -0.3 is 10.0 Å². The predicted octanol–water partition coefficient (Wildman–Crippen LogP) is 3.03. The van der Waals surface area contributed by atoms with E-state index in [9.17, 15) is 9.90 Å². The van der Waals surface area contributed by atoms with Crippen molar-refractivity contribution in [2.75, 3.05) is 11.4 Å². The molecule has 4 nitrogen and oxygen atoms in total. The van der Waals surface area contributed by atoms with Crippen LogP contribution in [0.15, 0.2) is 47.2 Å². The average molecular weight is 333 g/mol. The van der Waals surface area contributed by atoms with E-state index in [0.717, 1.165) is 21.3 Å². The van der Waals surface area contributed by atoms with E-state index in [2.05, 4.69) is 25.8 Å².